The molecule has 60 valence electrons. The van der Waals surface area contributed by atoms with Gasteiger partial charge in [-0.1, -0.05) is 22.6 Å². The summed E-state index contributed by atoms with van der Waals surface area (Å²) in [4.78, 5) is 8.46. The average Bonchev–Trinajstić information content (AvgIpc) is 1.86. The van der Waals surface area contributed by atoms with Gasteiger partial charge in [0, 0.05) is 6.20 Å². The quantitative estimate of drug-likeness (QED) is 0.574. The molecule has 0 aromatic carbocycles. The van der Waals surface area contributed by atoms with E-state index in [4.69, 9.17) is 0 Å². The van der Waals surface area contributed by atoms with Gasteiger partial charge in [0.2, 0.25) is 0 Å². The standard InChI is InChI=1S/C8H11IN2/c1-6-4-11-7(5-10-6)8(2,3)9/h4-5H,1-3H3. The van der Waals surface area contributed by atoms with E-state index in [-0.39, 0.29) is 3.42 Å². The maximum atomic E-state index is 4.28. The highest BCUT2D eigenvalue weighted by Gasteiger charge is 2.16. The van der Waals surface area contributed by atoms with Crippen molar-refractivity contribution in [2.24, 2.45) is 0 Å². The van der Waals surface area contributed by atoms with Crippen molar-refractivity contribution in [3.05, 3.63) is 23.8 Å². The van der Waals surface area contributed by atoms with Crippen LogP contribution in [0.1, 0.15) is 25.2 Å². The van der Waals surface area contributed by atoms with Crippen LogP contribution in [0.15, 0.2) is 12.4 Å². The van der Waals surface area contributed by atoms with Crippen LogP contribution in [0.4, 0.5) is 0 Å². The molecule has 0 radical (unpaired) electrons. The van der Waals surface area contributed by atoms with Crippen LogP contribution in [0.25, 0.3) is 0 Å². The number of aromatic nitrogens is 2. The van der Waals surface area contributed by atoms with Gasteiger partial charge in [0.05, 0.1) is 21.0 Å². The number of aryl methyl sites for hydroxylation is 1. The molecule has 2 nitrogen and oxygen atoms in total. The van der Waals surface area contributed by atoms with Gasteiger partial charge in [-0.05, 0) is 20.8 Å². The van der Waals surface area contributed by atoms with Crippen LogP contribution in [-0.2, 0) is 3.42 Å². The summed E-state index contributed by atoms with van der Waals surface area (Å²) in [5.74, 6) is 0. The second kappa shape index (κ2) is 3.05. The molecule has 0 aliphatic carbocycles. The van der Waals surface area contributed by atoms with Crippen molar-refractivity contribution in [2.45, 2.75) is 24.2 Å². The summed E-state index contributed by atoms with van der Waals surface area (Å²) in [6, 6.07) is 0. The van der Waals surface area contributed by atoms with Gasteiger partial charge >= 0.3 is 0 Å². The molecule has 0 unspecified atom stereocenters. The van der Waals surface area contributed by atoms with Crippen LogP contribution in [0.5, 0.6) is 0 Å². The minimum absolute atomic E-state index is 0.0818. The summed E-state index contributed by atoms with van der Waals surface area (Å²) in [5, 5.41) is 0. The molecule has 0 amide bonds. The zero-order chi connectivity index (χ0) is 8.48. The predicted octanol–water partition coefficient (Wildman–Crippen LogP) is 2.46. The molecule has 0 saturated carbocycles. The van der Waals surface area contributed by atoms with Gasteiger partial charge in [-0.15, -0.1) is 0 Å². The maximum absolute atomic E-state index is 4.28. The molecule has 3 heteroatoms. The molecule has 1 aromatic rings. The van der Waals surface area contributed by atoms with Gasteiger partial charge in [0.25, 0.3) is 0 Å². The summed E-state index contributed by atoms with van der Waals surface area (Å²) in [6.07, 6.45) is 3.64. The minimum atomic E-state index is 0.0818. The normalized spacial score (nSPS) is 11.6. The van der Waals surface area contributed by atoms with E-state index in [9.17, 15) is 0 Å². The van der Waals surface area contributed by atoms with E-state index in [0.29, 0.717) is 0 Å². The molecular weight excluding hydrogens is 251 g/mol. The van der Waals surface area contributed by atoms with Gasteiger partial charge in [0.1, 0.15) is 0 Å². The fraction of sp³-hybridized carbons (Fsp3) is 0.500. The van der Waals surface area contributed by atoms with Gasteiger partial charge in [0.15, 0.2) is 0 Å². The molecule has 1 aromatic heterocycles. The molecule has 0 saturated heterocycles. The Bertz CT molecular complexity index is 235. The molecular formula is C8H11IN2. The van der Waals surface area contributed by atoms with Crippen molar-refractivity contribution in [1.29, 1.82) is 0 Å². The van der Waals surface area contributed by atoms with Gasteiger partial charge in [-0.3, -0.25) is 9.97 Å². The Balaban J connectivity index is 2.99. The predicted molar refractivity (Wildman–Crippen MR) is 53.8 cm³/mol. The van der Waals surface area contributed by atoms with Crippen LogP contribution < -0.4 is 0 Å². The van der Waals surface area contributed by atoms with Crippen LogP contribution in [-0.4, -0.2) is 9.97 Å². The lowest BCUT2D eigenvalue weighted by Gasteiger charge is -2.14. The zero-order valence-corrected chi connectivity index (χ0v) is 9.08. The van der Waals surface area contributed by atoms with E-state index in [1.165, 1.54) is 0 Å². The van der Waals surface area contributed by atoms with Crippen molar-refractivity contribution < 1.29 is 0 Å². The van der Waals surface area contributed by atoms with Crippen molar-refractivity contribution in [1.82, 2.24) is 9.97 Å². The Morgan fingerprint density at radius 1 is 1.27 bits per heavy atom. The van der Waals surface area contributed by atoms with E-state index in [2.05, 4.69) is 46.4 Å². The van der Waals surface area contributed by atoms with Gasteiger partial charge in [-0.25, -0.2) is 0 Å². The second-order valence-electron chi connectivity index (χ2n) is 3.02. The third-order valence-electron chi connectivity index (χ3n) is 1.39. The Morgan fingerprint density at radius 2 is 1.91 bits per heavy atom. The summed E-state index contributed by atoms with van der Waals surface area (Å²) in [7, 11) is 0. The first-order chi connectivity index (χ1) is 5.00. The lowest BCUT2D eigenvalue weighted by atomic mass is 10.1. The number of alkyl halides is 1. The summed E-state index contributed by atoms with van der Waals surface area (Å²) >= 11 is 2.35. The molecule has 0 N–H and O–H groups in total. The monoisotopic (exact) mass is 262 g/mol. The van der Waals surface area contributed by atoms with Crippen LogP contribution in [0.2, 0.25) is 0 Å². The van der Waals surface area contributed by atoms with E-state index in [1.807, 2.05) is 13.1 Å². The van der Waals surface area contributed by atoms with E-state index >= 15 is 0 Å². The Morgan fingerprint density at radius 3 is 2.27 bits per heavy atom. The average molecular weight is 262 g/mol. The third kappa shape index (κ3) is 2.39. The SMILES string of the molecule is Cc1cnc(C(C)(C)I)cn1. The first kappa shape index (κ1) is 8.90. The molecule has 0 atom stereocenters. The fourth-order valence-electron chi connectivity index (χ4n) is 0.700. The Kier molecular flexibility index (Phi) is 2.47. The number of halogens is 1. The van der Waals surface area contributed by atoms with Crippen LogP contribution in [0, 0.1) is 6.92 Å². The molecule has 0 spiro atoms. The Hall–Kier alpha value is -0.190. The topological polar surface area (TPSA) is 25.8 Å². The summed E-state index contributed by atoms with van der Waals surface area (Å²) in [5.41, 5.74) is 2.00. The molecule has 1 rings (SSSR count). The number of rotatable bonds is 1. The number of nitrogens with zero attached hydrogens (tertiary/aromatic N) is 2. The zero-order valence-electron chi connectivity index (χ0n) is 6.93. The highest BCUT2D eigenvalue weighted by Crippen LogP contribution is 2.27. The van der Waals surface area contributed by atoms with E-state index in [1.54, 1.807) is 6.20 Å². The first-order valence-corrected chi connectivity index (χ1v) is 4.56. The van der Waals surface area contributed by atoms with Gasteiger partial charge < -0.3 is 0 Å². The van der Waals surface area contributed by atoms with E-state index in [0.717, 1.165) is 11.4 Å². The largest absolute Gasteiger partial charge is 0.258 e. The van der Waals surface area contributed by atoms with Crippen molar-refractivity contribution >= 4 is 22.6 Å². The van der Waals surface area contributed by atoms with Crippen LogP contribution >= 0.6 is 22.6 Å². The molecule has 0 fully saturated rings. The summed E-state index contributed by atoms with van der Waals surface area (Å²) in [6.45, 7) is 6.18. The Labute approximate surface area is 80.6 Å². The highest BCUT2D eigenvalue weighted by atomic mass is 127. The number of hydrogen-bond acceptors (Lipinski definition) is 2. The van der Waals surface area contributed by atoms with Crippen molar-refractivity contribution in [2.75, 3.05) is 0 Å². The lowest BCUT2D eigenvalue weighted by Crippen LogP contribution is -2.09. The molecule has 0 bridgehead atoms. The minimum Gasteiger partial charge on any atom is -0.258 e. The number of hydrogen-bond donors (Lipinski definition) is 0. The highest BCUT2D eigenvalue weighted by molar-refractivity contribution is 14.1. The maximum Gasteiger partial charge on any atom is 0.0740 e. The summed E-state index contributed by atoms with van der Waals surface area (Å²) < 4.78 is 0.0818. The van der Waals surface area contributed by atoms with Crippen LogP contribution in [0.3, 0.4) is 0 Å². The fourth-order valence-corrected chi connectivity index (χ4v) is 0.978. The molecule has 11 heavy (non-hydrogen) atoms. The lowest BCUT2D eigenvalue weighted by molar-refractivity contribution is 0.774. The first-order valence-electron chi connectivity index (χ1n) is 3.48. The van der Waals surface area contributed by atoms with E-state index < -0.39 is 0 Å². The molecule has 0 aliphatic heterocycles. The van der Waals surface area contributed by atoms with Crippen molar-refractivity contribution in [3.63, 3.8) is 0 Å². The van der Waals surface area contributed by atoms with Gasteiger partial charge in [-0.2, -0.15) is 0 Å². The molecule has 0 aliphatic rings. The molecule has 1 heterocycles. The van der Waals surface area contributed by atoms with Crippen molar-refractivity contribution in [3.8, 4) is 0 Å². The second-order valence-corrected chi connectivity index (χ2v) is 5.71. The third-order valence-corrected chi connectivity index (χ3v) is 1.94. The smallest absolute Gasteiger partial charge is 0.0740 e.